The zero-order chi connectivity index (χ0) is 13.7. The fourth-order valence-electron chi connectivity index (χ4n) is 2.36. The molecular weight excluding hydrogens is 394 g/mol. The van der Waals surface area contributed by atoms with Gasteiger partial charge in [-0.25, -0.2) is 0 Å². The highest BCUT2D eigenvalue weighted by molar-refractivity contribution is 9.11. The Hall–Kier alpha value is -0.980. The van der Waals surface area contributed by atoms with Gasteiger partial charge in [-0.15, -0.1) is 0 Å². The Kier molecular flexibility index (Phi) is 3.11. The van der Waals surface area contributed by atoms with E-state index in [1.807, 2.05) is 24.3 Å². The van der Waals surface area contributed by atoms with Crippen LogP contribution in [0.25, 0.3) is 10.8 Å². The minimum Gasteiger partial charge on any atom is -0.480 e. The van der Waals surface area contributed by atoms with Crippen LogP contribution in [0.15, 0.2) is 33.2 Å². The highest BCUT2D eigenvalue weighted by atomic mass is 79.9. The maximum atomic E-state index is 11.0. The Morgan fingerprint density at radius 3 is 2.74 bits per heavy atom. The van der Waals surface area contributed by atoms with E-state index in [1.54, 1.807) is 4.90 Å². The molecule has 0 atom stereocenters. The summed E-state index contributed by atoms with van der Waals surface area (Å²) in [6.07, 6.45) is 0. The highest BCUT2D eigenvalue weighted by Gasteiger charge is 2.30. The van der Waals surface area contributed by atoms with E-state index in [1.165, 1.54) is 0 Å². The van der Waals surface area contributed by atoms with E-state index in [0.29, 0.717) is 4.99 Å². The smallest absolute Gasteiger partial charge is 0.323 e. The van der Waals surface area contributed by atoms with E-state index in [-0.39, 0.29) is 6.54 Å². The molecule has 0 saturated heterocycles. The van der Waals surface area contributed by atoms with Crippen molar-refractivity contribution in [3.8, 4) is 0 Å². The van der Waals surface area contributed by atoms with Crippen LogP contribution in [0.2, 0.25) is 0 Å². The highest BCUT2D eigenvalue weighted by Crippen LogP contribution is 2.45. The summed E-state index contributed by atoms with van der Waals surface area (Å²) in [6, 6.07) is 7.77. The molecule has 2 aromatic carbocycles. The Morgan fingerprint density at radius 1 is 1.32 bits per heavy atom. The van der Waals surface area contributed by atoms with Gasteiger partial charge in [0.15, 0.2) is 0 Å². The van der Waals surface area contributed by atoms with Gasteiger partial charge in [0.25, 0.3) is 0 Å². The molecule has 0 radical (unpaired) electrons. The Bertz CT molecular complexity index is 745. The van der Waals surface area contributed by atoms with Crippen molar-refractivity contribution in [2.75, 3.05) is 11.4 Å². The van der Waals surface area contributed by atoms with Crippen LogP contribution in [-0.2, 0) is 4.79 Å². The minimum atomic E-state index is -0.905. The molecule has 0 spiro atoms. The first-order chi connectivity index (χ1) is 9.00. The number of anilines is 1. The van der Waals surface area contributed by atoms with Crippen LogP contribution in [0.5, 0.6) is 0 Å². The molecule has 0 bridgehead atoms. The molecule has 1 N–H and O–H groups in total. The van der Waals surface area contributed by atoms with Crippen LogP contribution in [0.3, 0.4) is 0 Å². The minimum absolute atomic E-state index is 0.136. The zero-order valence-corrected chi connectivity index (χ0v) is 13.5. The number of benzene rings is 2. The fourth-order valence-corrected chi connectivity index (χ4v) is 4.19. The maximum Gasteiger partial charge on any atom is 0.323 e. The number of thiocarbonyl (C=S) groups is 1. The van der Waals surface area contributed by atoms with Gasteiger partial charge in [-0.2, -0.15) is 0 Å². The number of carboxylic acid groups (broad SMARTS) is 1. The van der Waals surface area contributed by atoms with Gasteiger partial charge < -0.3 is 10.0 Å². The number of rotatable bonds is 2. The lowest BCUT2D eigenvalue weighted by Crippen LogP contribution is -2.31. The van der Waals surface area contributed by atoms with Crippen molar-refractivity contribution in [1.29, 1.82) is 0 Å². The number of nitrogens with zero attached hydrogens (tertiary/aromatic N) is 1. The first-order valence-electron chi connectivity index (χ1n) is 5.45. The summed E-state index contributed by atoms with van der Waals surface area (Å²) in [6.45, 7) is -0.136. The molecule has 1 aliphatic rings. The largest absolute Gasteiger partial charge is 0.480 e. The molecule has 0 aromatic heterocycles. The van der Waals surface area contributed by atoms with Gasteiger partial charge >= 0.3 is 5.97 Å². The number of hydrogen-bond acceptors (Lipinski definition) is 2. The van der Waals surface area contributed by atoms with Crippen molar-refractivity contribution in [3.63, 3.8) is 0 Å². The van der Waals surface area contributed by atoms with E-state index in [2.05, 4.69) is 31.9 Å². The van der Waals surface area contributed by atoms with Crippen molar-refractivity contribution >= 4 is 71.5 Å². The van der Waals surface area contributed by atoms with Crippen LogP contribution < -0.4 is 4.90 Å². The molecule has 0 unspecified atom stereocenters. The van der Waals surface area contributed by atoms with Crippen molar-refractivity contribution in [3.05, 3.63) is 38.8 Å². The van der Waals surface area contributed by atoms with Crippen LogP contribution in [0, 0.1) is 0 Å². The normalized spacial score (nSPS) is 13.4. The maximum absolute atomic E-state index is 11.0. The number of aliphatic carboxylic acids is 1. The standard InChI is InChI=1S/C13H7Br2NO2S/c14-8-4-9(15)12-11-6(8)2-1-3-7(11)13(19)16(12)5-10(17)18/h1-4H,5H2,(H,17,18). The fraction of sp³-hybridized carbons (Fsp3) is 0.0769. The summed E-state index contributed by atoms with van der Waals surface area (Å²) in [7, 11) is 0. The van der Waals surface area contributed by atoms with Crippen LogP contribution in [-0.4, -0.2) is 22.6 Å². The molecule has 0 fully saturated rings. The first kappa shape index (κ1) is 13.0. The van der Waals surface area contributed by atoms with E-state index < -0.39 is 5.97 Å². The van der Waals surface area contributed by atoms with Gasteiger partial charge in [-0.05, 0) is 27.4 Å². The zero-order valence-electron chi connectivity index (χ0n) is 9.48. The second-order valence-corrected chi connectivity index (χ2v) is 6.30. The summed E-state index contributed by atoms with van der Waals surface area (Å²) in [4.78, 5) is 13.2. The van der Waals surface area contributed by atoms with E-state index in [9.17, 15) is 4.79 Å². The molecule has 2 aromatic rings. The lowest BCUT2D eigenvalue weighted by atomic mass is 10.1. The van der Waals surface area contributed by atoms with Gasteiger partial charge in [0.2, 0.25) is 0 Å². The predicted octanol–water partition coefficient (Wildman–Crippen LogP) is 3.94. The number of halogens is 2. The van der Waals surface area contributed by atoms with Crippen molar-refractivity contribution in [2.45, 2.75) is 0 Å². The molecule has 0 saturated carbocycles. The molecule has 6 heteroatoms. The van der Waals surface area contributed by atoms with E-state index in [0.717, 1.165) is 31.0 Å². The van der Waals surface area contributed by atoms with Crippen molar-refractivity contribution in [1.82, 2.24) is 0 Å². The number of carbonyl (C=O) groups is 1. The molecule has 1 heterocycles. The molecule has 1 aliphatic heterocycles. The van der Waals surface area contributed by atoms with Crippen molar-refractivity contribution < 1.29 is 9.90 Å². The quantitative estimate of drug-likeness (QED) is 0.775. The van der Waals surface area contributed by atoms with Crippen LogP contribution in [0.1, 0.15) is 5.56 Å². The van der Waals surface area contributed by atoms with E-state index in [4.69, 9.17) is 17.3 Å². The van der Waals surface area contributed by atoms with Gasteiger partial charge in [-0.1, -0.05) is 46.3 Å². The molecule has 0 amide bonds. The SMILES string of the molecule is O=C(O)CN1C(=S)c2cccc3c(Br)cc(Br)c1c23. The van der Waals surface area contributed by atoms with E-state index >= 15 is 0 Å². The van der Waals surface area contributed by atoms with Gasteiger partial charge in [0, 0.05) is 19.9 Å². The summed E-state index contributed by atoms with van der Waals surface area (Å²) in [5.41, 5.74) is 1.74. The molecular formula is C13H7Br2NO2S. The van der Waals surface area contributed by atoms with Crippen LogP contribution >= 0.6 is 44.1 Å². The molecule has 3 nitrogen and oxygen atoms in total. The molecule has 19 heavy (non-hydrogen) atoms. The van der Waals surface area contributed by atoms with Crippen molar-refractivity contribution in [2.24, 2.45) is 0 Å². The number of hydrogen-bond donors (Lipinski definition) is 1. The van der Waals surface area contributed by atoms with Crippen LogP contribution in [0.4, 0.5) is 5.69 Å². The van der Waals surface area contributed by atoms with Gasteiger partial charge in [0.05, 0.1) is 5.69 Å². The average Bonchev–Trinajstić information content (AvgIpc) is 2.61. The summed E-state index contributed by atoms with van der Waals surface area (Å²) in [5.74, 6) is -0.905. The Labute approximate surface area is 131 Å². The topological polar surface area (TPSA) is 40.5 Å². The van der Waals surface area contributed by atoms with Gasteiger partial charge in [0.1, 0.15) is 11.5 Å². The summed E-state index contributed by atoms with van der Waals surface area (Å²) < 4.78 is 1.79. The lowest BCUT2D eigenvalue weighted by molar-refractivity contribution is -0.135. The third-order valence-electron chi connectivity index (χ3n) is 3.08. The second-order valence-electron chi connectivity index (χ2n) is 4.20. The predicted molar refractivity (Wildman–Crippen MR) is 86.0 cm³/mol. The van der Waals surface area contributed by atoms with Gasteiger partial charge in [-0.3, -0.25) is 4.79 Å². The Balaban J connectivity index is 2.37. The molecule has 96 valence electrons. The summed E-state index contributed by atoms with van der Waals surface area (Å²) in [5, 5.41) is 11.1. The third-order valence-corrected chi connectivity index (χ3v) is 4.78. The Morgan fingerprint density at radius 2 is 2.05 bits per heavy atom. The summed E-state index contributed by atoms with van der Waals surface area (Å²) >= 11 is 12.4. The number of carboxylic acids is 1. The second kappa shape index (κ2) is 4.54. The monoisotopic (exact) mass is 399 g/mol. The lowest BCUT2D eigenvalue weighted by Gasteiger charge is -2.18. The first-order valence-corrected chi connectivity index (χ1v) is 7.44. The molecule has 0 aliphatic carbocycles. The third kappa shape index (κ3) is 1.89. The average molecular weight is 401 g/mol. The molecule has 3 rings (SSSR count).